The van der Waals surface area contributed by atoms with E-state index in [9.17, 15) is 4.39 Å². The van der Waals surface area contributed by atoms with Crippen LogP contribution in [0.3, 0.4) is 0 Å². The Bertz CT molecular complexity index is 604. The molecule has 0 aromatic heterocycles. The van der Waals surface area contributed by atoms with E-state index in [2.05, 4.69) is 5.32 Å². The molecular weight excluding hydrogens is 316 g/mol. The Morgan fingerprint density at radius 3 is 1.95 bits per heavy atom. The van der Waals surface area contributed by atoms with Crippen LogP contribution in [0, 0.1) is 5.82 Å². The lowest BCUT2D eigenvalue weighted by atomic mass is 10.2. The zero-order valence-electron chi connectivity index (χ0n) is 11.5. The fourth-order valence-electron chi connectivity index (χ4n) is 1.83. The molecule has 0 atom stereocenters. The predicted molar refractivity (Wildman–Crippen MR) is 83.3 cm³/mol. The first-order chi connectivity index (χ1) is 10.0. The maximum absolute atomic E-state index is 13.3. The molecule has 112 valence electrons. The van der Waals surface area contributed by atoms with Crippen molar-refractivity contribution in [2.75, 3.05) is 19.5 Å². The zero-order chi connectivity index (χ0) is 15.4. The second-order valence-corrected chi connectivity index (χ2v) is 5.14. The average Bonchev–Trinajstić information content (AvgIpc) is 2.49. The van der Waals surface area contributed by atoms with Gasteiger partial charge in [0.2, 0.25) is 0 Å². The highest BCUT2D eigenvalue weighted by molar-refractivity contribution is 6.35. The quantitative estimate of drug-likeness (QED) is 0.802. The van der Waals surface area contributed by atoms with Crippen LogP contribution in [0.1, 0.15) is 5.56 Å². The Morgan fingerprint density at radius 1 is 0.952 bits per heavy atom. The van der Waals surface area contributed by atoms with E-state index in [0.717, 1.165) is 5.56 Å². The molecule has 0 bridgehead atoms. The molecule has 0 unspecified atom stereocenters. The SMILES string of the molecule is COc1cc(CNc2cc(Cl)c(F)c(Cl)c2)cc(OC)c1. The molecule has 0 spiro atoms. The van der Waals surface area contributed by atoms with E-state index in [1.165, 1.54) is 12.1 Å². The monoisotopic (exact) mass is 329 g/mol. The van der Waals surface area contributed by atoms with Gasteiger partial charge in [-0.05, 0) is 29.8 Å². The lowest BCUT2D eigenvalue weighted by Crippen LogP contribution is -2.01. The van der Waals surface area contributed by atoms with Gasteiger partial charge in [0.25, 0.3) is 0 Å². The molecule has 6 heteroatoms. The van der Waals surface area contributed by atoms with Crippen LogP contribution in [0.25, 0.3) is 0 Å². The number of anilines is 1. The fraction of sp³-hybridized carbons (Fsp3) is 0.200. The summed E-state index contributed by atoms with van der Waals surface area (Å²) in [5, 5.41) is 3.09. The first-order valence-electron chi connectivity index (χ1n) is 6.14. The maximum Gasteiger partial charge on any atom is 0.160 e. The van der Waals surface area contributed by atoms with Crippen molar-refractivity contribution in [1.82, 2.24) is 0 Å². The molecule has 0 radical (unpaired) electrons. The van der Waals surface area contributed by atoms with Crippen molar-refractivity contribution in [3.63, 3.8) is 0 Å². The van der Waals surface area contributed by atoms with Crippen LogP contribution in [-0.4, -0.2) is 14.2 Å². The molecular formula is C15H14Cl2FNO2. The summed E-state index contributed by atoms with van der Waals surface area (Å²) in [6.45, 7) is 0.492. The third-order valence-corrected chi connectivity index (χ3v) is 3.44. The van der Waals surface area contributed by atoms with Gasteiger partial charge in [0.1, 0.15) is 11.5 Å². The van der Waals surface area contributed by atoms with Gasteiger partial charge >= 0.3 is 0 Å². The van der Waals surface area contributed by atoms with E-state index < -0.39 is 5.82 Å². The Labute approximate surface area is 132 Å². The minimum absolute atomic E-state index is 0.0202. The summed E-state index contributed by atoms with van der Waals surface area (Å²) in [4.78, 5) is 0. The Morgan fingerprint density at radius 2 is 1.48 bits per heavy atom. The molecule has 0 saturated heterocycles. The first-order valence-corrected chi connectivity index (χ1v) is 6.89. The summed E-state index contributed by atoms with van der Waals surface area (Å²) >= 11 is 11.5. The van der Waals surface area contributed by atoms with Crippen LogP contribution in [0.5, 0.6) is 11.5 Å². The van der Waals surface area contributed by atoms with E-state index in [4.69, 9.17) is 32.7 Å². The van der Waals surface area contributed by atoms with Crippen LogP contribution in [0.4, 0.5) is 10.1 Å². The zero-order valence-corrected chi connectivity index (χ0v) is 13.1. The lowest BCUT2D eigenvalue weighted by Gasteiger charge is -2.11. The highest BCUT2D eigenvalue weighted by Crippen LogP contribution is 2.28. The molecule has 0 aliphatic heterocycles. The summed E-state index contributed by atoms with van der Waals surface area (Å²) in [5.74, 6) is 0.773. The molecule has 0 aliphatic rings. The lowest BCUT2D eigenvalue weighted by molar-refractivity contribution is 0.393. The molecule has 3 nitrogen and oxygen atoms in total. The molecule has 1 N–H and O–H groups in total. The summed E-state index contributed by atoms with van der Waals surface area (Å²) in [6.07, 6.45) is 0. The van der Waals surface area contributed by atoms with Crippen LogP contribution in [0.2, 0.25) is 10.0 Å². The van der Waals surface area contributed by atoms with Gasteiger partial charge in [-0.3, -0.25) is 0 Å². The van der Waals surface area contributed by atoms with Gasteiger partial charge in [-0.1, -0.05) is 23.2 Å². The van der Waals surface area contributed by atoms with Crippen molar-refractivity contribution < 1.29 is 13.9 Å². The summed E-state index contributed by atoms with van der Waals surface area (Å²) in [5.41, 5.74) is 1.58. The molecule has 0 amide bonds. The van der Waals surface area contributed by atoms with Crippen LogP contribution < -0.4 is 14.8 Å². The molecule has 2 aromatic carbocycles. The third-order valence-electron chi connectivity index (χ3n) is 2.89. The Kier molecular flexibility index (Phi) is 5.15. The molecule has 0 saturated carbocycles. The Hall–Kier alpha value is -1.65. The van der Waals surface area contributed by atoms with Crippen molar-refractivity contribution in [3.8, 4) is 11.5 Å². The van der Waals surface area contributed by atoms with E-state index in [1.807, 2.05) is 12.1 Å². The van der Waals surface area contributed by atoms with Gasteiger partial charge in [-0.15, -0.1) is 0 Å². The number of benzene rings is 2. The number of nitrogens with one attached hydrogen (secondary N) is 1. The molecule has 0 aliphatic carbocycles. The van der Waals surface area contributed by atoms with E-state index in [-0.39, 0.29) is 10.0 Å². The molecule has 21 heavy (non-hydrogen) atoms. The second kappa shape index (κ2) is 6.87. The number of ether oxygens (including phenoxy) is 2. The maximum atomic E-state index is 13.3. The summed E-state index contributed by atoms with van der Waals surface area (Å²) in [6, 6.07) is 8.51. The minimum atomic E-state index is -0.619. The van der Waals surface area contributed by atoms with E-state index >= 15 is 0 Å². The fourth-order valence-corrected chi connectivity index (χ4v) is 2.32. The average molecular weight is 330 g/mol. The first kappa shape index (κ1) is 15.7. The van der Waals surface area contributed by atoms with Crippen LogP contribution in [-0.2, 0) is 6.54 Å². The van der Waals surface area contributed by atoms with Crippen molar-refractivity contribution in [1.29, 1.82) is 0 Å². The number of hydrogen-bond donors (Lipinski definition) is 1. The topological polar surface area (TPSA) is 30.5 Å². The van der Waals surface area contributed by atoms with Gasteiger partial charge < -0.3 is 14.8 Å². The number of rotatable bonds is 5. The number of halogens is 3. The van der Waals surface area contributed by atoms with Crippen molar-refractivity contribution >= 4 is 28.9 Å². The van der Waals surface area contributed by atoms with Crippen molar-refractivity contribution in [2.45, 2.75) is 6.54 Å². The van der Waals surface area contributed by atoms with Gasteiger partial charge in [0.15, 0.2) is 5.82 Å². The predicted octanol–water partition coefficient (Wildman–Crippen LogP) is 4.76. The molecule has 0 heterocycles. The number of hydrogen-bond acceptors (Lipinski definition) is 3. The Balaban J connectivity index is 2.16. The standard InChI is InChI=1S/C15H14Cl2FNO2/c1-20-11-3-9(4-12(7-11)21-2)8-19-10-5-13(16)15(18)14(17)6-10/h3-7,19H,8H2,1-2H3. The van der Waals surface area contributed by atoms with E-state index in [0.29, 0.717) is 23.7 Å². The minimum Gasteiger partial charge on any atom is -0.497 e. The molecule has 2 rings (SSSR count). The largest absolute Gasteiger partial charge is 0.497 e. The van der Waals surface area contributed by atoms with Crippen LogP contribution in [0.15, 0.2) is 30.3 Å². The van der Waals surface area contributed by atoms with Crippen molar-refractivity contribution in [2.24, 2.45) is 0 Å². The van der Waals surface area contributed by atoms with E-state index in [1.54, 1.807) is 20.3 Å². The highest BCUT2D eigenvalue weighted by atomic mass is 35.5. The van der Waals surface area contributed by atoms with Gasteiger partial charge in [-0.25, -0.2) is 4.39 Å². The highest BCUT2D eigenvalue weighted by Gasteiger charge is 2.08. The van der Waals surface area contributed by atoms with Gasteiger partial charge in [0.05, 0.1) is 24.3 Å². The summed E-state index contributed by atoms with van der Waals surface area (Å²) < 4.78 is 23.8. The normalized spacial score (nSPS) is 10.3. The van der Waals surface area contributed by atoms with Crippen LogP contribution >= 0.6 is 23.2 Å². The smallest absolute Gasteiger partial charge is 0.160 e. The second-order valence-electron chi connectivity index (χ2n) is 4.33. The van der Waals surface area contributed by atoms with Crippen molar-refractivity contribution in [3.05, 3.63) is 51.8 Å². The number of methoxy groups -OCH3 is 2. The summed E-state index contributed by atoms with van der Waals surface area (Å²) in [7, 11) is 3.18. The van der Waals surface area contributed by atoms with Gasteiger partial charge in [0, 0.05) is 18.3 Å². The molecule has 2 aromatic rings. The molecule has 0 fully saturated rings. The van der Waals surface area contributed by atoms with Gasteiger partial charge in [-0.2, -0.15) is 0 Å². The third kappa shape index (κ3) is 3.93.